The van der Waals surface area contributed by atoms with E-state index < -0.39 is 5.91 Å². The first kappa shape index (κ1) is 23.9. The Bertz CT molecular complexity index is 1040. The van der Waals surface area contributed by atoms with E-state index >= 15 is 0 Å². The van der Waals surface area contributed by atoms with Gasteiger partial charge in [0.25, 0.3) is 11.8 Å². The van der Waals surface area contributed by atoms with E-state index in [1.807, 2.05) is 6.92 Å². The number of rotatable bonds is 9. The molecule has 0 unspecified atom stereocenters. The predicted molar refractivity (Wildman–Crippen MR) is 123 cm³/mol. The van der Waals surface area contributed by atoms with Crippen LogP contribution in [-0.2, 0) is 9.53 Å². The number of aromatic nitrogens is 2. The molecule has 0 aliphatic carbocycles. The highest BCUT2D eigenvalue weighted by Gasteiger charge is 2.31. The van der Waals surface area contributed by atoms with E-state index in [-0.39, 0.29) is 34.5 Å². The molecule has 2 N–H and O–H groups in total. The lowest BCUT2D eigenvalue weighted by molar-refractivity contribution is -0.126. The van der Waals surface area contributed by atoms with Gasteiger partial charge in [0.1, 0.15) is 0 Å². The van der Waals surface area contributed by atoms with E-state index in [0.29, 0.717) is 50.0 Å². The Morgan fingerprint density at radius 3 is 2.88 bits per heavy atom. The zero-order chi connectivity index (χ0) is 23.9. The lowest BCUT2D eigenvalue weighted by atomic mass is 9.97. The van der Waals surface area contributed by atoms with Crippen LogP contribution in [-0.4, -0.2) is 72.5 Å². The number of carbonyl (C=O) groups is 3. The summed E-state index contributed by atoms with van der Waals surface area (Å²) in [7, 11) is 0. The molecule has 0 saturated carbocycles. The maximum Gasteiger partial charge on any atom is 0.286 e. The molecule has 1 aromatic heterocycles. The van der Waals surface area contributed by atoms with Crippen LogP contribution in [0.1, 0.15) is 45.8 Å². The summed E-state index contributed by atoms with van der Waals surface area (Å²) >= 11 is 0.923. The minimum Gasteiger partial charge on any atom is -0.454 e. The number of fused-ring (bicyclic) bond motifs is 1. The first-order valence-corrected chi connectivity index (χ1v) is 12.1. The summed E-state index contributed by atoms with van der Waals surface area (Å²) in [6.45, 7) is 4.72. The van der Waals surface area contributed by atoms with Crippen LogP contribution in [0.5, 0.6) is 11.5 Å². The average molecular weight is 490 g/mol. The van der Waals surface area contributed by atoms with Crippen molar-refractivity contribution in [1.29, 1.82) is 0 Å². The third-order valence-electron chi connectivity index (χ3n) is 5.48. The molecule has 0 bridgehead atoms. The first-order chi connectivity index (χ1) is 16.5. The van der Waals surface area contributed by atoms with Crippen LogP contribution in [0.2, 0.25) is 0 Å². The second-order valence-electron chi connectivity index (χ2n) is 7.87. The fraction of sp³-hybridized carbons (Fsp3) is 0.500. The number of ether oxygens (including phenoxy) is 3. The first-order valence-electron chi connectivity index (χ1n) is 11.2. The summed E-state index contributed by atoms with van der Waals surface area (Å²) in [5, 5.41) is 13.6. The molecule has 11 nitrogen and oxygen atoms in total. The Morgan fingerprint density at radius 1 is 1.21 bits per heavy atom. The minimum absolute atomic E-state index is 0.0601. The van der Waals surface area contributed by atoms with E-state index in [1.165, 1.54) is 0 Å². The van der Waals surface area contributed by atoms with E-state index in [1.54, 1.807) is 23.1 Å². The van der Waals surface area contributed by atoms with Gasteiger partial charge in [-0.1, -0.05) is 11.3 Å². The molecule has 1 saturated heterocycles. The predicted octanol–water partition coefficient (Wildman–Crippen LogP) is 1.91. The molecule has 1 fully saturated rings. The number of hydrogen-bond donors (Lipinski definition) is 2. The second-order valence-corrected chi connectivity index (χ2v) is 8.84. The zero-order valence-corrected chi connectivity index (χ0v) is 19.7. The molecule has 4 rings (SSSR count). The largest absolute Gasteiger partial charge is 0.454 e. The summed E-state index contributed by atoms with van der Waals surface area (Å²) in [5.41, 5.74) is 0.517. The number of carbonyl (C=O) groups excluding carboxylic acids is 3. The van der Waals surface area contributed by atoms with Crippen molar-refractivity contribution < 1.29 is 28.6 Å². The molecular weight excluding hydrogens is 462 g/mol. The van der Waals surface area contributed by atoms with Crippen LogP contribution in [0.4, 0.5) is 5.69 Å². The quantitative estimate of drug-likeness (QED) is 0.511. The number of benzene rings is 1. The van der Waals surface area contributed by atoms with Gasteiger partial charge in [0.05, 0.1) is 5.92 Å². The number of hydrogen-bond acceptors (Lipinski definition) is 9. The van der Waals surface area contributed by atoms with Crippen molar-refractivity contribution in [3.63, 3.8) is 0 Å². The van der Waals surface area contributed by atoms with E-state index in [2.05, 4.69) is 20.8 Å². The lowest BCUT2D eigenvalue weighted by Crippen LogP contribution is -2.45. The minimum atomic E-state index is -0.474. The van der Waals surface area contributed by atoms with Crippen molar-refractivity contribution in [1.82, 2.24) is 20.4 Å². The lowest BCUT2D eigenvalue weighted by Gasteiger charge is -2.31. The molecule has 12 heteroatoms. The van der Waals surface area contributed by atoms with Crippen LogP contribution in [0.25, 0.3) is 0 Å². The number of likely N-dealkylation sites (tertiary alicyclic amines) is 1. The fourth-order valence-corrected chi connectivity index (χ4v) is 4.45. The topological polar surface area (TPSA) is 132 Å². The molecular formula is C22H27N5O6S. The molecule has 2 aliphatic rings. The number of amides is 3. The Balaban J connectivity index is 1.30. The molecule has 3 heterocycles. The van der Waals surface area contributed by atoms with Gasteiger partial charge >= 0.3 is 0 Å². The van der Waals surface area contributed by atoms with E-state index in [9.17, 15) is 14.4 Å². The monoisotopic (exact) mass is 489 g/mol. The molecule has 1 atom stereocenters. The van der Waals surface area contributed by atoms with Crippen LogP contribution in [0, 0.1) is 5.92 Å². The van der Waals surface area contributed by atoms with Crippen LogP contribution in [0.15, 0.2) is 18.2 Å². The number of piperidine rings is 1. The normalized spacial score (nSPS) is 16.9. The van der Waals surface area contributed by atoms with Gasteiger partial charge < -0.3 is 29.7 Å². The SMILES string of the molecule is CCOCCCNC(=O)[C@@H]1CCCN(C(=O)c2nnc(C(=O)Nc3ccc4c(c3)OCO4)s2)C1. The van der Waals surface area contributed by atoms with Gasteiger partial charge in [-0.15, -0.1) is 10.2 Å². The Labute approximate surface area is 200 Å². The van der Waals surface area contributed by atoms with Crippen molar-refractivity contribution in [2.75, 3.05) is 45.0 Å². The van der Waals surface area contributed by atoms with Gasteiger partial charge in [0, 0.05) is 44.6 Å². The molecule has 3 amide bonds. The molecule has 0 spiro atoms. The summed E-state index contributed by atoms with van der Waals surface area (Å²) in [4.78, 5) is 39.6. The van der Waals surface area contributed by atoms with Crippen LogP contribution in [0.3, 0.4) is 0 Å². The van der Waals surface area contributed by atoms with Gasteiger partial charge in [-0.2, -0.15) is 0 Å². The highest BCUT2D eigenvalue weighted by molar-refractivity contribution is 7.15. The molecule has 1 aromatic carbocycles. The molecule has 2 aliphatic heterocycles. The van der Waals surface area contributed by atoms with Gasteiger partial charge in [0.2, 0.25) is 22.7 Å². The summed E-state index contributed by atoms with van der Waals surface area (Å²) < 4.78 is 15.8. The summed E-state index contributed by atoms with van der Waals surface area (Å²) in [6.07, 6.45) is 2.19. The second kappa shape index (κ2) is 11.3. The highest BCUT2D eigenvalue weighted by atomic mass is 32.1. The van der Waals surface area contributed by atoms with E-state index in [0.717, 1.165) is 30.6 Å². The van der Waals surface area contributed by atoms with Crippen LogP contribution >= 0.6 is 11.3 Å². The van der Waals surface area contributed by atoms with Crippen molar-refractivity contribution in [3.05, 3.63) is 28.2 Å². The van der Waals surface area contributed by atoms with Crippen molar-refractivity contribution in [2.24, 2.45) is 5.92 Å². The fourth-order valence-electron chi connectivity index (χ4n) is 3.75. The molecule has 34 heavy (non-hydrogen) atoms. The molecule has 0 radical (unpaired) electrons. The van der Waals surface area contributed by atoms with Gasteiger partial charge in [0.15, 0.2) is 11.5 Å². The standard InChI is InChI=1S/C22H27N5O6S/c1-2-31-10-4-8-23-18(28)14-5-3-9-27(12-14)22(30)21-26-25-20(34-21)19(29)24-15-6-7-16-17(11-15)33-13-32-16/h6-7,11,14H,2-5,8-10,12-13H2,1H3,(H,23,28)(H,24,29)/t14-/m1/s1. The van der Waals surface area contributed by atoms with Gasteiger partial charge in [-0.25, -0.2) is 0 Å². The highest BCUT2D eigenvalue weighted by Crippen LogP contribution is 2.34. The van der Waals surface area contributed by atoms with Crippen molar-refractivity contribution >= 4 is 34.7 Å². The average Bonchev–Trinajstić information content (AvgIpc) is 3.53. The molecule has 182 valence electrons. The number of nitrogens with one attached hydrogen (secondary N) is 2. The Kier molecular flexibility index (Phi) is 7.91. The van der Waals surface area contributed by atoms with Gasteiger partial charge in [-0.05, 0) is 38.3 Å². The zero-order valence-electron chi connectivity index (χ0n) is 18.9. The number of anilines is 1. The van der Waals surface area contributed by atoms with E-state index in [4.69, 9.17) is 14.2 Å². The third kappa shape index (κ3) is 5.81. The smallest absolute Gasteiger partial charge is 0.286 e. The summed E-state index contributed by atoms with van der Waals surface area (Å²) in [6, 6.07) is 5.05. The van der Waals surface area contributed by atoms with Crippen LogP contribution < -0.4 is 20.1 Å². The third-order valence-corrected chi connectivity index (χ3v) is 6.39. The van der Waals surface area contributed by atoms with Crippen molar-refractivity contribution in [3.8, 4) is 11.5 Å². The maximum absolute atomic E-state index is 12.9. The maximum atomic E-state index is 12.9. The summed E-state index contributed by atoms with van der Waals surface area (Å²) in [5.74, 6) is 0.0260. The Hall–Kier alpha value is -3.25. The van der Waals surface area contributed by atoms with Crippen molar-refractivity contribution in [2.45, 2.75) is 26.2 Å². The molecule has 2 aromatic rings. The Morgan fingerprint density at radius 2 is 2.03 bits per heavy atom. The number of nitrogens with zero attached hydrogens (tertiary/aromatic N) is 3. The van der Waals surface area contributed by atoms with Gasteiger partial charge in [-0.3, -0.25) is 14.4 Å².